The normalized spacial score (nSPS) is 13.7. The minimum atomic E-state index is -0.377. The molecule has 2 aromatic heterocycles. The molecule has 1 fully saturated rings. The predicted molar refractivity (Wildman–Crippen MR) is 235 cm³/mol. The number of hydrogen-bond acceptors (Lipinski definition) is 10. The number of rotatable bonds is 17. The number of nitriles is 1. The van der Waals surface area contributed by atoms with E-state index in [0.29, 0.717) is 92.6 Å². The van der Waals surface area contributed by atoms with Crippen molar-refractivity contribution in [1.29, 1.82) is 5.26 Å². The van der Waals surface area contributed by atoms with Crippen molar-refractivity contribution >= 4 is 35.1 Å². The molecule has 4 aromatic rings. The third kappa shape index (κ3) is 10.7. The van der Waals surface area contributed by atoms with Crippen LogP contribution in [0.2, 0.25) is 0 Å². The zero-order valence-corrected chi connectivity index (χ0v) is 36.9. The molecule has 1 aliphatic heterocycles. The Labute approximate surface area is 357 Å². The maximum atomic E-state index is 13.3. The van der Waals surface area contributed by atoms with Gasteiger partial charge in [-0.1, -0.05) is 25.5 Å². The van der Waals surface area contributed by atoms with Crippen LogP contribution < -0.4 is 15.0 Å². The second kappa shape index (κ2) is 21.0. The van der Waals surface area contributed by atoms with E-state index in [1.165, 1.54) is 17.4 Å². The van der Waals surface area contributed by atoms with Gasteiger partial charge in [-0.2, -0.15) is 5.26 Å². The second-order valence-electron chi connectivity index (χ2n) is 15.3. The lowest BCUT2D eigenvalue weighted by Crippen LogP contribution is -2.48. The van der Waals surface area contributed by atoms with Crippen LogP contribution in [0.25, 0.3) is 17.2 Å². The standard InChI is InChI=1S/C46H57N7O6S/c1-9-12-39(51(6)46(57)36(28-47)27-42-48-18-24-60-42)33-14-16-34(17-15-33)45(56)49(4)19-11-10-13-43(54)53-22-20-52(21-23-53)30-38-40(58-7)25-35(26-41(38)59-8)37-29-50(5)44(55)32(3)31(37)2/h14-18,24-27,29,39H,9-13,19-23,30H2,1-8H3. The van der Waals surface area contributed by atoms with Crippen molar-refractivity contribution in [1.82, 2.24) is 29.2 Å². The summed E-state index contributed by atoms with van der Waals surface area (Å²) in [6.45, 7) is 9.64. The van der Waals surface area contributed by atoms with E-state index in [1.807, 2.05) is 62.2 Å². The molecule has 0 aliphatic carbocycles. The molecule has 13 nitrogen and oxygen atoms in total. The third-order valence-electron chi connectivity index (χ3n) is 11.4. The van der Waals surface area contributed by atoms with Crippen molar-refractivity contribution < 1.29 is 23.9 Å². The summed E-state index contributed by atoms with van der Waals surface area (Å²) < 4.78 is 13.3. The van der Waals surface area contributed by atoms with E-state index in [1.54, 1.807) is 73.4 Å². The molecule has 3 amide bonds. The van der Waals surface area contributed by atoms with Crippen molar-refractivity contribution in [3.63, 3.8) is 0 Å². The molecule has 0 saturated carbocycles. The molecule has 14 heteroatoms. The first-order chi connectivity index (χ1) is 28.8. The first-order valence-corrected chi connectivity index (χ1v) is 21.3. The Morgan fingerprint density at radius 1 is 1.00 bits per heavy atom. The van der Waals surface area contributed by atoms with Gasteiger partial charge < -0.3 is 28.7 Å². The zero-order valence-electron chi connectivity index (χ0n) is 36.1. The molecule has 5 rings (SSSR count). The van der Waals surface area contributed by atoms with Gasteiger partial charge in [0.25, 0.3) is 17.4 Å². The van der Waals surface area contributed by atoms with Crippen molar-refractivity contribution in [2.75, 3.05) is 61.0 Å². The highest BCUT2D eigenvalue weighted by atomic mass is 32.1. The minimum Gasteiger partial charge on any atom is -0.496 e. The molecule has 1 unspecified atom stereocenters. The fourth-order valence-electron chi connectivity index (χ4n) is 7.65. The maximum Gasteiger partial charge on any atom is 0.264 e. The van der Waals surface area contributed by atoms with Gasteiger partial charge in [0.05, 0.1) is 25.8 Å². The number of aryl methyl sites for hydroxylation is 1. The molecule has 3 heterocycles. The summed E-state index contributed by atoms with van der Waals surface area (Å²) in [6.07, 6.45) is 8.30. The van der Waals surface area contributed by atoms with E-state index in [2.05, 4.69) is 9.88 Å². The molecule has 1 saturated heterocycles. The number of ether oxygens (including phenoxy) is 2. The van der Waals surface area contributed by atoms with Gasteiger partial charge in [0, 0.05) is 101 Å². The average molecular weight is 836 g/mol. The highest BCUT2D eigenvalue weighted by Crippen LogP contribution is 2.37. The Balaban J connectivity index is 1.09. The van der Waals surface area contributed by atoms with Crippen LogP contribution in [0.4, 0.5) is 0 Å². The monoisotopic (exact) mass is 835 g/mol. The number of unbranched alkanes of at least 4 members (excludes halogenated alkanes) is 1. The number of likely N-dealkylation sites (N-methyl/N-ethyl adjacent to an activating group) is 1. The first kappa shape index (κ1) is 45.3. The number of pyridine rings is 1. The number of aromatic nitrogens is 2. The molecule has 0 radical (unpaired) electrons. The third-order valence-corrected chi connectivity index (χ3v) is 12.1. The number of piperazine rings is 1. The molecule has 1 aliphatic rings. The lowest BCUT2D eigenvalue weighted by molar-refractivity contribution is -0.133. The molecule has 1 atom stereocenters. The molecular weight excluding hydrogens is 779 g/mol. The topological polar surface area (TPSA) is 141 Å². The Morgan fingerprint density at radius 3 is 2.25 bits per heavy atom. The number of amides is 3. The van der Waals surface area contributed by atoms with Gasteiger partial charge >= 0.3 is 0 Å². The molecule has 60 heavy (non-hydrogen) atoms. The molecule has 2 aromatic carbocycles. The Bertz CT molecular complexity index is 2250. The van der Waals surface area contributed by atoms with Crippen molar-refractivity contribution in [2.24, 2.45) is 7.05 Å². The van der Waals surface area contributed by atoms with Crippen molar-refractivity contribution in [3.05, 3.63) is 103 Å². The minimum absolute atomic E-state index is 0.0175. The zero-order chi connectivity index (χ0) is 43.5. The number of carbonyl (C=O) groups excluding carboxylic acids is 3. The summed E-state index contributed by atoms with van der Waals surface area (Å²) in [5.74, 6) is 1.04. The predicted octanol–water partition coefficient (Wildman–Crippen LogP) is 6.64. The van der Waals surface area contributed by atoms with E-state index in [0.717, 1.165) is 34.2 Å². The van der Waals surface area contributed by atoms with Crippen LogP contribution in [-0.4, -0.2) is 108 Å². The van der Waals surface area contributed by atoms with Gasteiger partial charge in [0.1, 0.15) is 28.1 Å². The summed E-state index contributed by atoms with van der Waals surface area (Å²) in [7, 11) is 8.52. The van der Waals surface area contributed by atoms with E-state index in [9.17, 15) is 24.4 Å². The Kier molecular flexibility index (Phi) is 15.8. The van der Waals surface area contributed by atoms with Crippen LogP contribution in [0.5, 0.6) is 11.5 Å². The van der Waals surface area contributed by atoms with Crippen LogP contribution in [0.3, 0.4) is 0 Å². The molecule has 0 spiro atoms. The molecule has 0 bridgehead atoms. The highest BCUT2D eigenvalue weighted by molar-refractivity contribution is 7.10. The summed E-state index contributed by atoms with van der Waals surface area (Å²) in [6, 6.07) is 13.1. The van der Waals surface area contributed by atoms with Crippen molar-refractivity contribution in [2.45, 2.75) is 65.5 Å². The van der Waals surface area contributed by atoms with Crippen LogP contribution in [0, 0.1) is 25.2 Å². The number of hydrogen-bond donors (Lipinski definition) is 0. The average Bonchev–Trinajstić information content (AvgIpc) is 3.79. The largest absolute Gasteiger partial charge is 0.496 e. The number of methoxy groups -OCH3 is 2. The number of carbonyl (C=O) groups is 3. The summed E-state index contributed by atoms with van der Waals surface area (Å²) in [5, 5.41) is 12.1. The maximum absolute atomic E-state index is 13.3. The van der Waals surface area contributed by atoms with Gasteiger partial charge in [-0.05, 0) is 80.1 Å². The quantitative estimate of drug-likeness (QED) is 0.0651. The fourth-order valence-corrected chi connectivity index (χ4v) is 8.22. The summed E-state index contributed by atoms with van der Waals surface area (Å²) >= 11 is 1.36. The van der Waals surface area contributed by atoms with E-state index in [4.69, 9.17) is 9.47 Å². The SMILES string of the molecule is CCCC(c1ccc(C(=O)N(C)CCCCC(=O)N2CCN(Cc3c(OC)cc(-c4cn(C)c(=O)c(C)c4C)cc3OC)CC2)cc1)N(C)C(=O)C(C#N)=Cc1nccs1. The number of benzene rings is 2. The summed E-state index contributed by atoms with van der Waals surface area (Å²) in [4.78, 5) is 64.0. The van der Waals surface area contributed by atoms with Crippen LogP contribution >= 0.6 is 11.3 Å². The second-order valence-corrected chi connectivity index (χ2v) is 16.2. The van der Waals surface area contributed by atoms with Gasteiger partial charge in [-0.3, -0.25) is 24.1 Å². The van der Waals surface area contributed by atoms with E-state index in [-0.39, 0.29) is 34.9 Å². The first-order valence-electron chi connectivity index (χ1n) is 20.4. The van der Waals surface area contributed by atoms with E-state index >= 15 is 0 Å². The van der Waals surface area contributed by atoms with Gasteiger partial charge in [0.15, 0.2) is 0 Å². The van der Waals surface area contributed by atoms with Gasteiger partial charge in [-0.15, -0.1) is 11.3 Å². The van der Waals surface area contributed by atoms with Crippen molar-refractivity contribution in [3.8, 4) is 28.7 Å². The van der Waals surface area contributed by atoms with E-state index < -0.39 is 0 Å². The Morgan fingerprint density at radius 2 is 1.67 bits per heavy atom. The summed E-state index contributed by atoms with van der Waals surface area (Å²) in [5.41, 5.74) is 5.85. The molecular formula is C46H57N7O6S. The highest BCUT2D eigenvalue weighted by Gasteiger charge is 2.26. The van der Waals surface area contributed by atoms with Gasteiger partial charge in [-0.25, -0.2) is 4.98 Å². The van der Waals surface area contributed by atoms with Crippen LogP contribution in [0.15, 0.2) is 64.5 Å². The number of nitrogens with zero attached hydrogens (tertiary/aromatic N) is 7. The van der Waals surface area contributed by atoms with Crippen LogP contribution in [0.1, 0.15) is 82.7 Å². The lowest BCUT2D eigenvalue weighted by Gasteiger charge is -2.35. The van der Waals surface area contributed by atoms with Crippen LogP contribution in [-0.2, 0) is 23.2 Å². The van der Waals surface area contributed by atoms with Gasteiger partial charge in [0.2, 0.25) is 5.91 Å². The molecule has 0 N–H and O–H groups in total. The fraction of sp³-hybridized carbons (Fsp3) is 0.435. The smallest absolute Gasteiger partial charge is 0.264 e. The Hall–Kier alpha value is -5.78. The molecule has 318 valence electrons. The number of thiazole rings is 1. The lowest BCUT2D eigenvalue weighted by atomic mass is 9.97.